The minimum atomic E-state index is -0.208. The molecular formula is C16H21ClN2O2. The Kier molecular flexibility index (Phi) is 3.95. The van der Waals surface area contributed by atoms with Crippen LogP contribution in [0.5, 0.6) is 0 Å². The summed E-state index contributed by atoms with van der Waals surface area (Å²) in [5.41, 5.74) is 2.89. The van der Waals surface area contributed by atoms with Crippen LogP contribution in [0.25, 0.3) is 0 Å². The second-order valence-corrected chi connectivity index (χ2v) is 6.13. The molecule has 2 fully saturated rings. The second kappa shape index (κ2) is 5.59. The molecule has 4 nitrogen and oxygen atoms in total. The number of morpholine rings is 1. The number of hydrogen-bond donors (Lipinski definition) is 2. The number of fused-ring (bicyclic) bond motifs is 3. The SMILES string of the molecule is C[C@H]1OCCN[C@@H]1C(=O)NC1C2Cc3ccccc3C21.Cl. The molecule has 21 heavy (non-hydrogen) atoms. The summed E-state index contributed by atoms with van der Waals surface area (Å²) < 4.78 is 5.54. The average Bonchev–Trinajstić information content (AvgIpc) is 2.96. The smallest absolute Gasteiger partial charge is 0.240 e. The highest BCUT2D eigenvalue weighted by Crippen LogP contribution is 2.56. The fraction of sp³-hybridized carbons (Fsp3) is 0.562. The van der Waals surface area contributed by atoms with Crippen LogP contribution in [0.1, 0.15) is 24.0 Å². The largest absolute Gasteiger partial charge is 0.375 e. The van der Waals surface area contributed by atoms with Crippen molar-refractivity contribution in [3.63, 3.8) is 0 Å². The van der Waals surface area contributed by atoms with E-state index in [2.05, 4.69) is 34.9 Å². The third kappa shape index (κ3) is 2.45. The Balaban J connectivity index is 0.00000132. The van der Waals surface area contributed by atoms with Crippen LogP contribution >= 0.6 is 12.4 Å². The maximum absolute atomic E-state index is 12.3. The Labute approximate surface area is 131 Å². The normalized spacial score (nSPS) is 36.1. The van der Waals surface area contributed by atoms with Gasteiger partial charge in [-0.1, -0.05) is 24.3 Å². The van der Waals surface area contributed by atoms with Crippen molar-refractivity contribution >= 4 is 18.3 Å². The van der Waals surface area contributed by atoms with Gasteiger partial charge in [0, 0.05) is 18.5 Å². The molecule has 0 radical (unpaired) electrons. The van der Waals surface area contributed by atoms with Crippen molar-refractivity contribution in [2.45, 2.75) is 37.5 Å². The molecule has 1 aromatic carbocycles. The number of ether oxygens (including phenoxy) is 1. The Bertz CT molecular complexity index is 551. The van der Waals surface area contributed by atoms with Gasteiger partial charge in [0.25, 0.3) is 0 Å². The van der Waals surface area contributed by atoms with Gasteiger partial charge in [-0.2, -0.15) is 0 Å². The molecule has 4 rings (SSSR count). The highest BCUT2D eigenvalue weighted by Gasteiger charge is 2.56. The van der Waals surface area contributed by atoms with Crippen molar-refractivity contribution in [1.82, 2.24) is 10.6 Å². The van der Waals surface area contributed by atoms with E-state index in [0.717, 1.165) is 13.0 Å². The third-order valence-electron chi connectivity index (χ3n) is 4.95. The average molecular weight is 309 g/mol. The summed E-state index contributed by atoms with van der Waals surface area (Å²) in [6, 6.07) is 8.73. The van der Waals surface area contributed by atoms with Gasteiger partial charge in [0.05, 0.1) is 12.7 Å². The van der Waals surface area contributed by atoms with Crippen LogP contribution in [0.2, 0.25) is 0 Å². The molecule has 1 saturated carbocycles. The first-order valence-electron chi connectivity index (χ1n) is 7.49. The molecule has 114 valence electrons. The number of halogens is 1. The zero-order valence-electron chi connectivity index (χ0n) is 12.0. The summed E-state index contributed by atoms with van der Waals surface area (Å²) in [4.78, 5) is 12.3. The second-order valence-electron chi connectivity index (χ2n) is 6.13. The van der Waals surface area contributed by atoms with E-state index in [9.17, 15) is 4.79 Å². The fourth-order valence-electron chi connectivity index (χ4n) is 3.83. The van der Waals surface area contributed by atoms with E-state index in [1.807, 2.05) is 6.92 Å². The molecule has 3 unspecified atom stereocenters. The van der Waals surface area contributed by atoms with Gasteiger partial charge in [-0.05, 0) is 30.4 Å². The maximum atomic E-state index is 12.3. The van der Waals surface area contributed by atoms with Crippen LogP contribution in [0.3, 0.4) is 0 Å². The van der Waals surface area contributed by atoms with Gasteiger partial charge >= 0.3 is 0 Å². The van der Waals surface area contributed by atoms with Gasteiger partial charge in [0.15, 0.2) is 0 Å². The lowest BCUT2D eigenvalue weighted by Gasteiger charge is -2.29. The minimum absolute atomic E-state index is 0. The lowest BCUT2D eigenvalue weighted by Crippen LogP contribution is -2.56. The predicted octanol–water partition coefficient (Wildman–Crippen LogP) is 1.24. The molecule has 1 aromatic rings. The summed E-state index contributed by atoms with van der Waals surface area (Å²) in [5.74, 6) is 1.24. The number of amides is 1. The summed E-state index contributed by atoms with van der Waals surface area (Å²) in [7, 11) is 0. The minimum Gasteiger partial charge on any atom is -0.375 e. The van der Waals surface area contributed by atoms with Crippen molar-refractivity contribution < 1.29 is 9.53 Å². The van der Waals surface area contributed by atoms with Crippen LogP contribution in [-0.2, 0) is 16.0 Å². The van der Waals surface area contributed by atoms with E-state index in [0.29, 0.717) is 24.5 Å². The molecule has 0 aromatic heterocycles. The molecule has 1 heterocycles. The summed E-state index contributed by atoms with van der Waals surface area (Å²) in [5, 5.41) is 6.47. The van der Waals surface area contributed by atoms with Crippen LogP contribution in [0.15, 0.2) is 24.3 Å². The first-order valence-corrected chi connectivity index (χ1v) is 7.49. The van der Waals surface area contributed by atoms with Gasteiger partial charge in [-0.25, -0.2) is 0 Å². The Hall–Kier alpha value is -1.10. The fourth-order valence-corrected chi connectivity index (χ4v) is 3.83. The van der Waals surface area contributed by atoms with E-state index < -0.39 is 0 Å². The van der Waals surface area contributed by atoms with Crippen LogP contribution in [0.4, 0.5) is 0 Å². The maximum Gasteiger partial charge on any atom is 0.240 e. The molecule has 2 N–H and O–H groups in total. The summed E-state index contributed by atoms with van der Waals surface area (Å²) in [6.07, 6.45) is 1.06. The monoisotopic (exact) mass is 308 g/mol. The van der Waals surface area contributed by atoms with Crippen molar-refractivity contribution in [2.75, 3.05) is 13.2 Å². The Morgan fingerprint density at radius 3 is 3.00 bits per heavy atom. The van der Waals surface area contributed by atoms with Crippen molar-refractivity contribution in [1.29, 1.82) is 0 Å². The van der Waals surface area contributed by atoms with Gasteiger partial charge in [0.1, 0.15) is 6.04 Å². The molecule has 1 amide bonds. The van der Waals surface area contributed by atoms with E-state index in [-0.39, 0.29) is 30.5 Å². The Morgan fingerprint density at radius 1 is 1.38 bits per heavy atom. The first kappa shape index (κ1) is 14.8. The zero-order chi connectivity index (χ0) is 13.7. The van der Waals surface area contributed by atoms with Crippen LogP contribution < -0.4 is 10.6 Å². The predicted molar refractivity (Wildman–Crippen MR) is 82.8 cm³/mol. The highest BCUT2D eigenvalue weighted by molar-refractivity contribution is 5.85. The molecule has 1 saturated heterocycles. The quantitative estimate of drug-likeness (QED) is 0.864. The van der Waals surface area contributed by atoms with E-state index in [4.69, 9.17) is 4.74 Å². The summed E-state index contributed by atoms with van der Waals surface area (Å²) >= 11 is 0. The number of carbonyl (C=O) groups is 1. The molecular weight excluding hydrogens is 288 g/mol. The van der Waals surface area contributed by atoms with Crippen molar-refractivity contribution in [2.24, 2.45) is 5.92 Å². The number of nitrogens with one attached hydrogen (secondary N) is 2. The third-order valence-corrected chi connectivity index (χ3v) is 4.95. The van der Waals surface area contributed by atoms with E-state index in [1.54, 1.807) is 0 Å². The molecule has 0 bridgehead atoms. The van der Waals surface area contributed by atoms with Gasteiger partial charge in [-0.3, -0.25) is 4.79 Å². The topological polar surface area (TPSA) is 50.4 Å². The molecule has 5 heteroatoms. The van der Waals surface area contributed by atoms with Gasteiger partial charge in [-0.15, -0.1) is 12.4 Å². The number of rotatable bonds is 2. The molecule has 1 aliphatic heterocycles. The lowest BCUT2D eigenvalue weighted by molar-refractivity contribution is -0.129. The number of carbonyl (C=O) groups excluding carboxylic acids is 1. The van der Waals surface area contributed by atoms with Gasteiger partial charge in [0.2, 0.25) is 5.91 Å². The first-order chi connectivity index (χ1) is 9.75. The van der Waals surface area contributed by atoms with Crippen LogP contribution in [-0.4, -0.2) is 37.2 Å². The molecule has 5 atom stereocenters. The molecule has 3 aliphatic rings. The van der Waals surface area contributed by atoms with Crippen LogP contribution in [0, 0.1) is 5.92 Å². The van der Waals surface area contributed by atoms with E-state index >= 15 is 0 Å². The molecule has 2 aliphatic carbocycles. The van der Waals surface area contributed by atoms with Crippen molar-refractivity contribution in [3.8, 4) is 0 Å². The van der Waals surface area contributed by atoms with Crippen molar-refractivity contribution in [3.05, 3.63) is 35.4 Å². The van der Waals surface area contributed by atoms with E-state index in [1.165, 1.54) is 11.1 Å². The molecule has 0 spiro atoms. The number of hydrogen-bond acceptors (Lipinski definition) is 3. The standard InChI is InChI=1S/C16H20N2O2.ClH/c1-9-14(17-6-7-20-9)16(19)18-15-12-8-10-4-2-3-5-11(10)13(12)15;/h2-5,9,12-15,17H,6-8H2,1H3,(H,18,19);1H/t9-,12?,13?,14+,15?;/m1./s1. The lowest BCUT2D eigenvalue weighted by atomic mass is 10.0. The van der Waals surface area contributed by atoms with Gasteiger partial charge < -0.3 is 15.4 Å². The summed E-state index contributed by atoms with van der Waals surface area (Å²) in [6.45, 7) is 3.40. The highest BCUT2D eigenvalue weighted by atomic mass is 35.5. The Morgan fingerprint density at radius 2 is 2.19 bits per heavy atom. The number of benzene rings is 1. The zero-order valence-corrected chi connectivity index (χ0v) is 12.9.